The summed E-state index contributed by atoms with van der Waals surface area (Å²) in [6.07, 6.45) is 1.74. The van der Waals surface area contributed by atoms with E-state index in [1.54, 1.807) is 4.90 Å². The maximum atomic E-state index is 13.3. The van der Waals surface area contributed by atoms with E-state index in [-0.39, 0.29) is 11.9 Å². The molecule has 0 saturated heterocycles. The zero-order valence-corrected chi connectivity index (χ0v) is 15.9. The molecule has 1 heterocycles. The van der Waals surface area contributed by atoms with Crippen LogP contribution in [0.4, 0.5) is 10.5 Å². The lowest BCUT2D eigenvalue weighted by molar-refractivity contribution is -0.120. The van der Waals surface area contributed by atoms with Gasteiger partial charge in [-0.1, -0.05) is 62.4 Å². The van der Waals surface area contributed by atoms with Gasteiger partial charge in [-0.15, -0.1) is 0 Å². The van der Waals surface area contributed by atoms with E-state index in [1.807, 2.05) is 54.6 Å². The Morgan fingerprint density at radius 3 is 2.48 bits per heavy atom. The van der Waals surface area contributed by atoms with Gasteiger partial charge in [0.25, 0.3) is 5.91 Å². The predicted molar refractivity (Wildman–Crippen MR) is 108 cm³/mol. The van der Waals surface area contributed by atoms with Crippen LogP contribution in [-0.4, -0.2) is 25.0 Å². The topological polar surface area (TPSA) is 61.4 Å². The number of para-hydroxylation sites is 1. The SMILES string of the molecule is CC(C)CCNC(=O)NC(C(=O)N1CCc2ccccc21)c1ccccc1. The number of fused-ring (bicyclic) bond motifs is 1. The fraction of sp³-hybridized carbons (Fsp3) is 0.364. The molecule has 3 rings (SSSR count). The normalized spacial score (nSPS) is 14.0. The molecule has 0 saturated carbocycles. The third-order valence-corrected chi connectivity index (χ3v) is 4.82. The van der Waals surface area contributed by atoms with Crippen molar-refractivity contribution in [3.8, 4) is 0 Å². The van der Waals surface area contributed by atoms with E-state index in [1.165, 1.54) is 5.56 Å². The lowest BCUT2D eigenvalue weighted by Gasteiger charge is -2.25. The summed E-state index contributed by atoms with van der Waals surface area (Å²) in [6.45, 7) is 5.45. The van der Waals surface area contributed by atoms with Crippen molar-refractivity contribution in [3.05, 3.63) is 65.7 Å². The van der Waals surface area contributed by atoms with Crippen LogP contribution < -0.4 is 15.5 Å². The second kappa shape index (κ2) is 8.71. The Kier molecular flexibility index (Phi) is 6.12. The quantitative estimate of drug-likeness (QED) is 0.821. The smallest absolute Gasteiger partial charge is 0.315 e. The molecule has 5 nitrogen and oxygen atoms in total. The average Bonchev–Trinajstić information content (AvgIpc) is 3.10. The first-order valence-corrected chi connectivity index (χ1v) is 9.55. The van der Waals surface area contributed by atoms with Gasteiger partial charge in [-0.25, -0.2) is 4.79 Å². The summed E-state index contributed by atoms with van der Waals surface area (Å²) in [5, 5.41) is 5.73. The minimum Gasteiger partial charge on any atom is -0.338 e. The Labute approximate surface area is 160 Å². The molecule has 1 aliphatic heterocycles. The lowest BCUT2D eigenvalue weighted by atomic mass is 10.1. The number of nitrogens with zero attached hydrogens (tertiary/aromatic N) is 1. The zero-order chi connectivity index (χ0) is 19.2. The predicted octanol–water partition coefficient (Wildman–Crippen LogP) is 3.66. The van der Waals surface area contributed by atoms with Gasteiger partial charge in [0.15, 0.2) is 0 Å². The van der Waals surface area contributed by atoms with Gasteiger partial charge in [-0.05, 0) is 36.0 Å². The van der Waals surface area contributed by atoms with Crippen LogP contribution in [0.2, 0.25) is 0 Å². The second-order valence-electron chi connectivity index (χ2n) is 7.30. The highest BCUT2D eigenvalue weighted by Crippen LogP contribution is 2.30. The molecule has 1 aliphatic rings. The molecule has 5 heteroatoms. The van der Waals surface area contributed by atoms with Gasteiger partial charge >= 0.3 is 6.03 Å². The molecule has 2 aromatic carbocycles. The summed E-state index contributed by atoms with van der Waals surface area (Å²) in [7, 11) is 0. The first kappa shape index (κ1) is 19.0. The Morgan fingerprint density at radius 2 is 1.74 bits per heavy atom. The van der Waals surface area contributed by atoms with E-state index in [0.29, 0.717) is 19.0 Å². The van der Waals surface area contributed by atoms with Crippen molar-refractivity contribution in [2.24, 2.45) is 5.92 Å². The van der Waals surface area contributed by atoms with Crippen LogP contribution in [-0.2, 0) is 11.2 Å². The molecule has 27 heavy (non-hydrogen) atoms. The monoisotopic (exact) mass is 365 g/mol. The van der Waals surface area contributed by atoms with Gasteiger partial charge < -0.3 is 15.5 Å². The summed E-state index contributed by atoms with van der Waals surface area (Å²) >= 11 is 0. The van der Waals surface area contributed by atoms with Crippen molar-refractivity contribution >= 4 is 17.6 Å². The molecular formula is C22H27N3O2. The number of benzene rings is 2. The van der Waals surface area contributed by atoms with Gasteiger partial charge in [0, 0.05) is 18.8 Å². The first-order valence-electron chi connectivity index (χ1n) is 9.55. The summed E-state index contributed by atoms with van der Waals surface area (Å²) in [5.74, 6) is 0.406. The molecule has 0 aliphatic carbocycles. The number of carbonyl (C=O) groups is 2. The van der Waals surface area contributed by atoms with E-state index in [4.69, 9.17) is 0 Å². The highest BCUT2D eigenvalue weighted by molar-refractivity contribution is 6.01. The molecule has 1 unspecified atom stereocenters. The van der Waals surface area contributed by atoms with Gasteiger partial charge in [0.05, 0.1) is 0 Å². The summed E-state index contributed by atoms with van der Waals surface area (Å²) < 4.78 is 0. The number of amides is 3. The maximum absolute atomic E-state index is 13.3. The van der Waals surface area contributed by atoms with E-state index < -0.39 is 6.04 Å². The van der Waals surface area contributed by atoms with Crippen molar-refractivity contribution in [1.82, 2.24) is 10.6 Å². The highest BCUT2D eigenvalue weighted by Gasteiger charge is 2.31. The fourth-order valence-electron chi connectivity index (χ4n) is 3.31. The summed E-state index contributed by atoms with van der Waals surface area (Å²) in [6, 6.07) is 16.3. The third-order valence-electron chi connectivity index (χ3n) is 4.82. The van der Waals surface area contributed by atoms with E-state index in [0.717, 1.165) is 24.1 Å². The average molecular weight is 365 g/mol. The minimum absolute atomic E-state index is 0.106. The van der Waals surface area contributed by atoms with Gasteiger partial charge in [-0.3, -0.25) is 4.79 Å². The van der Waals surface area contributed by atoms with Crippen molar-refractivity contribution in [3.63, 3.8) is 0 Å². The summed E-state index contributed by atoms with van der Waals surface area (Å²) in [5.41, 5.74) is 2.88. The zero-order valence-electron chi connectivity index (χ0n) is 15.9. The third kappa shape index (κ3) is 4.67. The number of hydrogen-bond acceptors (Lipinski definition) is 2. The maximum Gasteiger partial charge on any atom is 0.315 e. The molecule has 2 N–H and O–H groups in total. The molecular weight excluding hydrogens is 338 g/mol. The van der Waals surface area contributed by atoms with Crippen LogP contribution in [0, 0.1) is 5.92 Å². The number of anilines is 1. The van der Waals surface area contributed by atoms with Crippen molar-refractivity contribution in [2.45, 2.75) is 32.7 Å². The van der Waals surface area contributed by atoms with Crippen molar-refractivity contribution in [2.75, 3.05) is 18.0 Å². The van der Waals surface area contributed by atoms with E-state index in [9.17, 15) is 9.59 Å². The van der Waals surface area contributed by atoms with Gasteiger partial charge in [-0.2, -0.15) is 0 Å². The molecule has 0 bridgehead atoms. The molecule has 0 radical (unpaired) electrons. The highest BCUT2D eigenvalue weighted by atomic mass is 16.2. The van der Waals surface area contributed by atoms with Crippen molar-refractivity contribution < 1.29 is 9.59 Å². The molecule has 3 amide bonds. The molecule has 0 spiro atoms. The van der Waals surface area contributed by atoms with E-state index in [2.05, 4.69) is 24.5 Å². The van der Waals surface area contributed by atoms with Crippen LogP contribution in [0.3, 0.4) is 0 Å². The molecule has 0 fully saturated rings. The standard InChI is InChI=1S/C22H27N3O2/c1-16(2)12-14-23-22(27)24-20(18-9-4-3-5-10-18)21(26)25-15-13-17-8-6-7-11-19(17)25/h3-11,16,20H,12-15H2,1-2H3,(H2,23,24,27). The van der Waals surface area contributed by atoms with Crippen LogP contribution in [0.15, 0.2) is 54.6 Å². The largest absolute Gasteiger partial charge is 0.338 e. The van der Waals surface area contributed by atoms with Crippen LogP contribution in [0.25, 0.3) is 0 Å². The Morgan fingerprint density at radius 1 is 1.04 bits per heavy atom. The Bertz CT molecular complexity index is 789. The van der Waals surface area contributed by atoms with Gasteiger partial charge in [0.2, 0.25) is 0 Å². The molecule has 2 aromatic rings. The van der Waals surface area contributed by atoms with Crippen LogP contribution >= 0.6 is 0 Å². The summed E-state index contributed by atoms with van der Waals surface area (Å²) in [4.78, 5) is 27.5. The Balaban J connectivity index is 1.77. The van der Waals surface area contributed by atoms with Crippen LogP contribution in [0.1, 0.15) is 37.4 Å². The number of urea groups is 1. The fourth-order valence-corrected chi connectivity index (χ4v) is 3.31. The number of rotatable bonds is 6. The van der Waals surface area contributed by atoms with Gasteiger partial charge in [0.1, 0.15) is 6.04 Å². The number of carbonyl (C=O) groups excluding carboxylic acids is 2. The van der Waals surface area contributed by atoms with Crippen molar-refractivity contribution in [1.29, 1.82) is 0 Å². The molecule has 0 aromatic heterocycles. The number of nitrogens with one attached hydrogen (secondary N) is 2. The minimum atomic E-state index is -0.712. The lowest BCUT2D eigenvalue weighted by Crippen LogP contribution is -2.46. The second-order valence-corrected chi connectivity index (χ2v) is 7.30. The molecule has 1 atom stereocenters. The van der Waals surface area contributed by atoms with Crippen LogP contribution in [0.5, 0.6) is 0 Å². The first-order chi connectivity index (χ1) is 13.1. The van der Waals surface area contributed by atoms with E-state index >= 15 is 0 Å². The molecule has 142 valence electrons. The Hall–Kier alpha value is -2.82. The number of hydrogen-bond donors (Lipinski definition) is 2.